The number of amides is 1. The van der Waals surface area contributed by atoms with E-state index in [1.807, 2.05) is 12.1 Å². The summed E-state index contributed by atoms with van der Waals surface area (Å²) in [6.07, 6.45) is -3.35. The Kier molecular flexibility index (Phi) is 4.34. The summed E-state index contributed by atoms with van der Waals surface area (Å²) in [5, 5.41) is 0. The predicted octanol–water partition coefficient (Wildman–Crippen LogP) is 4.25. The van der Waals surface area contributed by atoms with Gasteiger partial charge >= 0.3 is 6.36 Å². The standard InChI is InChI=1S/C20H18F3NO3/c21-20(22,23)27-16-7-5-14(6-8-16)18(25)24-11-9-19(10-12-24)17-4-2-1-3-15(17)13-26-19/h1-8H,9-13H2. The minimum atomic E-state index is -4.75. The average Bonchev–Trinajstić information content (AvgIpc) is 3.00. The third-order valence-corrected chi connectivity index (χ3v) is 5.21. The van der Waals surface area contributed by atoms with Crippen LogP contribution in [0, 0.1) is 0 Å². The molecule has 142 valence electrons. The topological polar surface area (TPSA) is 38.8 Å². The molecule has 7 heteroatoms. The molecule has 0 radical (unpaired) electrons. The van der Waals surface area contributed by atoms with Crippen molar-refractivity contribution in [3.8, 4) is 5.75 Å². The van der Waals surface area contributed by atoms with Crippen molar-refractivity contribution in [3.63, 3.8) is 0 Å². The first-order chi connectivity index (χ1) is 12.9. The fraction of sp³-hybridized carbons (Fsp3) is 0.350. The van der Waals surface area contributed by atoms with Crippen molar-refractivity contribution in [2.24, 2.45) is 0 Å². The number of ether oxygens (including phenoxy) is 2. The lowest BCUT2D eigenvalue weighted by Gasteiger charge is -2.39. The Labute approximate surface area is 154 Å². The van der Waals surface area contributed by atoms with E-state index < -0.39 is 6.36 Å². The maximum absolute atomic E-state index is 12.7. The van der Waals surface area contributed by atoms with Gasteiger partial charge in [-0.3, -0.25) is 4.79 Å². The molecule has 0 aromatic heterocycles. The van der Waals surface area contributed by atoms with Crippen molar-refractivity contribution < 1.29 is 27.4 Å². The van der Waals surface area contributed by atoms with Crippen LogP contribution in [0.25, 0.3) is 0 Å². The van der Waals surface area contributed by atoms with E-state index in [0.717, 1.165) is 12.1 Å². The molecule has 0 unspecified atom stereocenters. The summed E-state index contributed by atoms with van der Waals surface area (Å²) in [5.74, 6) is -0.540. The number of hydrogen-bond acceptors (Lipinski definition) is 3. The number of alkyl halides is 3. The molecule has 1 amide bonds. The zero-order valence-electron chi connectivity index (χ0n) is 14.5. The fourth-order valence-electron chi connectivity index (χ4n) is 3.85. The zero-order chi connectivity index (χ0) is 19.1. The van der Waals surface area contributed by atoms with Crippen molar-refractivity contribution in [3.05, 3.63) is 65.2 Å². The second-order valence-corrected chi connectivity index (χ2v) is 6.80. The molecule has 1 saturated heterocycles. The lowest BCUT2D eigenvalue weighted by atomic mass is 9.83. The predicted molar refractivity (Wildman–Crippen MR) is 91.2 cm³/mol. The Morgan fingerprint density at radius 3 is 2.37 bits per heavy atom. The molecule has 27 heavy (non-hydrogen) atoms. The van der Waals surface area contributed by atoms with E-state index in [1.165, 1.54) is 23.3 Å². The van der Waals surface area contributed by atoms with Gasteiger partial charge in [0.2, 0.25) is 0 Å². The van der Waals surface area contributed by atoms with Gasteiger partial charge in [0.05, 0.1) is 12.2 Å². The summed E-state index contributed by atoms with van der Waals surface area (Å²) in [5.41, 5.74) is 2.40. The maximum Gasteiger partial charge on any atom is 0.573 e. The third kappa shape index (κ3) is 3.51. The number of carbonyl (C=O) groups excluding carboxylic acids is 1. The van der Waals surface area contributed by atoms with Gasteiger partial charge in [-0.25, -0.2) is 0 Å². The van der Waals surface area contributed by atoms with Crippen LogP contribution in [-0.4, -0.2) is 30.3 Å². The molecule has 0 N–H and O–H groups in total. The van der Waals surface area contributed by atoms with Crippen LogP contribution in [0.1, 0.15) is 34.3 Å². The molecule has 1 fully saturated rings. The third-order valence-electron chi connectivity index (χ3n) is 5.21. The molecule has 0 atom stereocenters. The van der Waals surface area contributed by atoms with Crippen LogP contribution in [0.3, 0.4) is 0 Å². The van der Waals surface area contributed by atoms with Gasteiger partial charge in [0.15, 0.2) is 0 Å². The minimum Gasteiger partial charge on any atom is -0.406 e. The van der Waals surface area contributed by atoms with Crippen molar-refractivity contribution in [1.82, 2.24) is 4.90 Å². The Morgan fingerprint density at radius 2 is 1.70 bits per heavy atom. The van der Waals surface area contributed by atoms with Crippen LogP contribution in [-0.2, 0) is 16.9 Å². The molecule has 0 aliphatic carbocycles. The van der Waals surface area contributed by atoms with Gasteiger partial charge in [0.25, 0.3) is 5.91 Å². The summed E-state index contributed by atoms with van der Waals surface area (Å²) in [6.45, 7) is 1.66. The normalized spacial score (nSPS) is 18.4. The van der Waals surface area contributed by atoms with E-state index in [9.17, 15) is 18.0 Å². The highest BCUT2D eigenvalue weighted by molar-refractivity contribution is 5.94. The first-order valence-electron chi connectivity index (χ1n) is 8.74. The van der Waals surface area contributed by atoms with Crippen LogP contribution in [0.2, 0.25) is 0 Å². The number of rotatable bonds is 2. The second-order valence-electron chi connectivity index (χ2n) is 6.80. The summed E-state index contributed by atoms with van der Waals surface area (Å²) >= 11 is 0. The number of hydrogen-bond donors (Lipinski definition) is 0. The zero-order valence-corrected chi connectivity index (χ0v) is 14.5. The monoisotopic (exact) mass is 377 g/mol. The Bertz CT molecular complexity index is 840. The van der Waals surface area contributed by atoms with Gasteiger partial charge in [-0.05, 0) is 48.2 Å². The molecular weight excluding hydrogens is 359 g/mol. The molecule has 0 saturated carbocycles. The Balaban J connectivity index is 1.42. The number of fused-ring (bicyclic) bond motifs is 2. The van der Waals surface area contributed by atoms with Crippen LogP contribution in [0.4, 0.5) is 13.2 Å². The number of carbonyl (C=O) groups is 1. The lowest BCUT2D eigenvalue weighted by Crippen LogP contribution is -2.45. The number of nitrogens with zero attached hydrogens (tertiary/aromatic N) is 1. The van der Waals surface area contributed by atoms with E-state index in [2.05, 4.69) is 16.9 Å². The molecule has 2 aliphatic heterocycles. The molecule has 1 spiro atoms. The first kappa shape index (κ1) is 17.9. The van der Waals surface area contributed by atoms with Crippen LogP contribution >= 0.6 is 0 Å². The molecule has 2 aliphatic rings. The van der Waals surface area contributed by atoms with Gasteiger partial charge in [-0.2, -0.15) is 0 Å². The van der Waals surface area contributed by atoms with Gasteiger partial charge in [-0.1, -0.05) is 24.3 Å². The molecule has 2 heterocycles. The van der Waals surface area contributed by atoms with Gasteiger partial charge in [0.1, 0.15) is 5.75 Å². The summed E-state index contributed by atoms with van der Waals surface area (Å²) in [7, 11) is 0. The largest absolute Gasteiger partial charge is 0.573 e. The highest BCUT2D eigenvalue weighted by Gasteiger charge is 2.43. The van der Waals surface area contributed by atoms with Crippen molar-refractivity contribution in [2.75, 3.05) is 13.1 Å². The molecule has 4 nitrogen and oxygen atoms in total. The number of benzene rings is 2. The SMILES string of the molecule is O=C(c1ccc(OC(F)(F)F)cc1)N1CCC2(CC1)OCc1ccccc12. The van der Waals surface area contributed by atoms with Crippen molar-refractivity contribution in [1.29, 1.82) is 0 Å². The summed E-state index contributed by atoms with van der Waals surface area (Å²) < 4.78 is 46.6. The summed E-state index contributed by atoms with van der Waals surface area (Å²) in [4.78, 5) is 14.4. The number of halogens is 3. The fourth-order valence-corrected chi connectivity index (χ4v) is 3.85. The van der Waals surface area contributed by atoms with Crippen LogP contribution in [0.15, 0.2) is 48.5 Å². The van der Waals surface area contributed by atoms with Crippen molar-refractivity contribution >= 4 is 5.91 Å². The lowest BCUT2D eigenvalue weighted by molar-refractivity contribution is -0.274. The highest BCUT2D eigenvalue weighted by Crippen LogP contribution is 2.44. The highest BCUT2D eigenvalue weighted by atomic mass is 19.4. The van der Waals surface area contributed by atoms with Gasteiger partial charge in [-0.15, -0.1) is 13.2 Å². The first-order valence-corrected chi connectivity index (χ1v) is 8.74. The van der Waals surface area contributed by atoms with Gasteiger partial charge < -0.3 is 14.4 Å². The Hall–Kier alpha value is -2.54. The van der Waals surface area contributed by atoms with Crippen molar-refractivity contribution in [2.45, 2.75) is 31.4 Å². The quantitative estimate of drug-likeness (QED) is 0.786. The van der Waals surface area contributed by atoms with E-state index in [1.54, 1.807) is 4.90 Å². The van der Waals surface area contributed by atoms with E-state index >= 15 is 0 Å². The van der Waals surface area contributed by atoms with E-state index in [0.29, 0.717) is 38.1 Å². The Morgan fingerprint density at radius 1 is 1.04 bits per heavy atom. The van der Waals surface area contributed by atoms with Gasteiger partial charge in [0, 0.05) is 18.7 Å². The maximum atomic E-state index is 12.7. The molecule has 4 rings (SSSR count). The molecule has 2 aromatic carbocycles. The summed E-state index contributed by atoms with van der Waals surface area (Å²) in [6, 6.07) is 13.2. The number of likely N-dealkylation sites (tertiary alicyclic amines) is 1. The smallest absolute Gasteiger partial charge is 0.406 e. The molecule has 0 bridgehead atoms. The molecule has 2 aromatic rings. The second kappa shape index (κ2) is 6.56. The molecular formula is C20H18F3NO3. The number of piperidine rings is 1. The van der Waals surface area contributed by atoms with E-state index in [4.69, 9.17) is 4.74 Å². The van der Waals surface area contributed by atoms with Crippen LogP contribution in [0.5, 0.6) is 5.75 Å². The van der Waals surface area contributed by atoms with E-state index in [-0.39, 0.29) is 17.3 Å². The average molecular weight is 377 g/mol. The van der Waals surface area contributed by atoms with Crippen LogP contribution < -0.4 is 4.74 Å². The minimum absolute atomic E-state index is 0.199.